The minimum absolute atomic E-state index is 0.203. The highest BCUT2D eigenvalue weighted by Crippen LogP contribution is 2.58. The molecule has 0 aliphatic carbocycles. The first kappa shape index (κ1) is 27.6. The average Bonchev–Trinajstić information content (AvgIpc) is 3.33. The molecule has 1 aromatic rings. The number of esters is 1. The van der Waals surface area contributed by atoms with Crippen LogP contribution in [0.25, 0.3) is 0 Å². The van der Waals surface area contributed by atoms with Crippen molar-refractivity contribution in [1.29, 1.82) is 0 Å². The van der Waals surface area contributed by atoms with E-state index in [0.717, 1.165) is 24.8 Å². The third-order valence-corrected chi connectivity index (χ3v) is 8.85. The van der Waals surface area contributed by atoms with Gasteiger partial charge in [0.1, 0.15) is 23.2 Å². The van der Waals surface area contributed by atoms with Gasteiger partial charge in [-0.05, 0) is 37.7 Å². The molecule has 2 saturated heterocycles. The summed E-state index contributed by atoms with van der Waals surface area (Å²) >= 11 is 0. The lowest BCUT2D eigenvalue weighted by atomic mass is 9.73. The van der Waals surface area contributed by atoms with Crippen molar-refractivity contribution >= 4 is 17.8 Å². The van der Waals surface area contributed by atoms with E-state index < -0.39 is 41.1 Å². The van der Waals surface area contributed by atoms with Crippen LogP contribution in [0.5, 0.6) is 0 Å². The molecule has 0 radical (unpaired) electrons. The predicted molar refractivity (Wildman–Crippen MR) is 145 cm³/mol. The molecule has 4 heterocycles. The van der Waals surface area contributed by atoms with Gasteiger partial charge in [0.05, 0.1) is 25.2 Å². The number of amides is 2. The molecule has 1 unspecified atom stereocenters. The fourth-order valence-electron chi connectivity index (χ4n) is 6.94. The van der Waals surface area contributed by atoms with Crippen molar-refractivity contribution in [3.8, 4) is 0 Å². The maximum atomic E-state index is 14.6. The standard InChI is InChI=1S/C31H40N2O6/c1-3-5-17-32-18-12-16-31-24(25-29(37)38-19-11-7-10-15-30(25,4-2)39-31)27(35)33(26(31)28(32)36)23(21-34)20-22-13-8-6-9-14-22/h6,8-10,12-16,23-26,34H,3-5,7,11,17-21H2,1-2H3/b15-10-/t23-,24+,25+,26?,30-,31+/m1/s1. The summed E-state index contributed by atoms with van der Waals surface area (Å²) in [6, 6.07) is 7.98. The van der Waals surface area contributed by atoms with Crippen LogP contribution in [-0.2, 0) is 30.3 Å². The van der Waals surface area contributed by atoms with Crippen molar-refractivity contribution in [3.63, 3.8) is 0 Å². The van der Waals surface area contributed by atoms with Crippen molar-refractivity contribution in [2.75, 3.05) is 26.3 Å². The van der Waals surface area contributed by atoms with E-state index in [2.05, 4.69) is 6.92 Å². The Bertz CT molecular complexity index is 1140. The summed E-state index contributed by atoms with van der Waals surface area (Å²) in [5, 5.41) is 10.6. The van der Waals surface area contributed by atoms with Gasteiger partial charge in [-0.25, -0.2) is 0 Å². The predicted octanol–water partition coefficient (Wildman–Crippen LogP) is 3.04. The smallest absolute Gasteiger partial charge is 0.313 e. The number of benzene rings is 1. The summed E-state index contributed by atoms with van der Waals surface area (Å²) in [5.41, 5.74) is -1.46. The molecule has 2 amide bonds. The number of hydrogen-bond acceptors (Lipinski definition) is 6. The summed E-state index contributed by atoms with van der Waals surface area (Å²) in [6.07, 6.45) is 11.7. The van der Waals surface area contributed by atoms with Crippen LogP contribution in [0.1, 0.15) is 51.5 Å². The molecule has 0 saturated carbocycles. The highest BCUT2D eigenvalue weighted by Gasteiger charge is 2.75. The van der Waals surface area contributed by atoms with E-state index >= 15 is 0 Å². The Morgan fingerprint density at radius 3 is 2.56 bits per heavy atom. The molecule has 1 aromatic carbocycles. The molecule has 1 spiro atoms. The number of hydrogen-bond donors (Lipinski definition) is 1. The SMILES string of the molecule is CCCCN1CC=C[C@]23O[C@]4(CC)/C=C\CCCOC(=O)[C@@H]4[C@H]2C(=O)N([C@@H](CO)Cc2ccccc2)C3C1=O. The molecule has 8 nitrogen and oxygen atoms in total. The van der Waals surface area contributed by atoms with Gasteiger partial charge in [-0.1, -0.05) is 74.9 Å². The van der Waals surface area contributed by atoms with Gasteiger partial charge < -0.3 is 24.4 Å². The number of carbonyl (C=O) groups is 3. The van der Waals surface area contributed by atoms with Gasteiger partial charge in [-0.3, -0.25) is 14.4 Å². The number of ether oxygens (including phenoxy) is 2. The molecule has 5 rings (SSSR count). The van der Waals surface area contributed by atoms with E-state index in [9.17, 15) is 19.5 Å². The van der Waals surface area contributed by atoms with Crippen LogP contribution in [0.15, 0.2) is 54.6 Å². The fraction of sp³-hybridized carbons (Fsp3) is 0.581. The zero-order valence-electron chi connectivity index (χ0n) is 23.0. The molecule has 1 N–H and O–H groups in total. The first-order chi connectivity index (χ1) is 18.9. The van der Waals surface area contributed by atoms with Crippen LogP contribution in [0.2, 0.25) is 0 Å². The van der Waals surface area contributed by atoms with Crippen molar-refractivity contribution in [3.05, 3.63) is 60.2 Å². The van der Waals surface area contributed by atoms with Crippen molar-refractivity contribution in [1.82, 2.24) is 9.80 Å². The lowest BCUT2D eigenvalue weighted by molar-refractivity contribution is -0.163. The Hall–Kier alpha value is -2.97. The Labute approximate surface area is 230 Å². The Balaban J connectivity index is 1.65. The van der Waals surface area contributed by atoms with E-state index in [1.54, 1.807) is 4.90 Å². The van der Waals surface area contributed by atoms with Crippen LogP contribution in [0, 0.1) is 11.8 Å². The molecule has 0 bridgehead atoms. The number of rotatable bonds is 8. The highest BCUT2D eigenvalue weighted by molar-refractivity contribution is 5.99. The van der Waals surface area contributed by atoms with E-state index in [0.29, 0.717) is 32.4 Å². The number of likely N-dealkylation sites (tertiary alicyclic amines) is 1. The van der Waals surface area contributed by atoms with Crippen LogP contribution < -0.4 is 0 Å². The van der Waals surface area contributed by atoms with E-state index in [4.69, 9.17) is 9.47 Å². The van der Waals surface area contributed by atoms with Crippen LogP contribution in [0.4, 0.5) is 0 Å². The summed E-state index contributed by atoms with van der Waals surface area (Å²) in [6.45, 7) is 4.94. The van der Waals surface area contributed by atoms with Gasteiger partial charge >= 0.3 is 5.97 Å². The average molecular weight is 537 g/mol. The number of carbonyl (C=O) groups excluding carboxylic acids is 3. The largest absolute Gasteiger partial charge is 0.465 e. The van der Waals surface area contributed by atoms with Crippen molar-refractivity contribution in [2.24, 2.45) is 11.8 Å². The summed E-state index contributed by atoms with van der Waals surface area (Å²) in [4.78, 5) is 45.9. The second-order valence-corrected chi connectivity index (χ2v) is 11.1. The zero-order chi connectivity index (χ0) is 27.6. The first-order valence-corrected chi connectivity index (χ1v) is 14.4. The van der Waals surface area contributed by atoms with Gasteiger partial charge in [0.2, 0.25) is 11.8 Å². The quantitative estimate of drug-likeness (QED) is 0.405. The number of cyclic esters (lactones) is 1. The van der Waals surface area contributed by atoms with Gasteiger partial charge in [0.25, 0.3) is 0 Å². The minimum Gasteiger partial charge on any atom is -0.465 e. The number of unbranched alkanes of at least 4 members (excludes halogenated alkanes) is 1. The van der Waals surface area contributed by atoms with Gasteiger partial charge in [0.15, 0.2) is 0 Å². The van der Waals surface area contributed by atoms with Crippen molar-refractivity contribution < 1.29 is 29.0 Å². The number of fused-ring (bicyclic) bond motifs is 2. The van der Waals surface area contributed by atoms with E-state index in [-0.39, 0.29) is 25.0 Å². The third kappa shape index (κ3) is 4.61. The number of nitrogens with zero attached hydrogens (tertiary/aromatic N) is 2. The van der Waals surface area contributed by atoms with Gasteiger partial charge in [-0.2, -0.15) is 0 Å². The number of aliphatic hydroxyl groups is 1. The van der Waals surface area contributed by atoms with Crippen LogP contribution in [0.3, 0.4) is 0 Å². The third-order valence-electron chi connectivity index (χ3n) is 8.85. The molecular formula is C31H40N2O6. The Kier molecular flexibility index (Phi) is 7.96. The maximum Gasteiger partial charge on any atom is 0.313 e. The van der Waals surface area contributed by atoms with E-state index in [1.807, 2.05) is 61.6 Å². The van der Waals surface area contributed by atoms with Gasteiger partial charge in [0, 0.05) is 13.1 Å². The second kappa shape index (κ2) is 11.3. The molecule has 8 heteroatoms. The van der Waals surface area contributed by atoms with Gasteiger partial charge in [-0.15, -0.1) is 0 Å². The van der Waals surface area contributed by atoms with Crippen LogP contribution in [-0.4, -0.2) is 82.3 Å². The molecule has 0 aromatic heterocycles. The van der Waals surface area contributed by atoms with E-state index in [1.165, 1.54) is 4.90 Å². The monoisotopic (exact) mass is 536 g/mol. The number of aliphatic hydroxyl groups excluding tert-OH is 1. The Morgan fingerprint density at radius 1 is 1.05 bits per heavy atom. The molecule has 4 aliphatic rings. The first-order valence-electron chi connectivity index (χ1n) is 14.4. The summed E-state index contributed by atoms with van der Waals surface area (Å²) in [7, 11) is 0. The normalized spacial score (nSPS) is 33.8. The highest BCUT2D eigenvalue weighted by atomic mass is 16.6. The second-order valence-electron chi connectivity index (χ2n) is 11.1. The summed E-state index contributed by atoms with van der Waals surface area (Å²) < 4.78 is 12.6. The Morgan fingerprint density at radius 2 is 1.85 bits per heavy atom. The molecule has 39 heavy (non-hydrogen) atoms. The topological polar surface area (TPSA) is 96.4 Å². The lowest BCUT2D eigenvalue weighted by Crippen LogP contribution is -2.59. The molecule has 6 atom stereocenters. The van der Waals surface area contributed by atoms with Crippen molar-refractivity contribution in [2.45, 2.75) is 75.7 Å². The lowest BCUT2D eigenvalue weighted by Gasteiger charge is -2.41. The molecule has 210 valence electrons. The molecular weight excluding hydrogens is 496 g/mol. The fourth-order valence-corrected chi connectivity index (χ4v) is 6.94. The molecule has 2 fully saturated rings. The number of allylic oxidation sites excluding steroid dienone is 1. The minimum atomic E-state index is -1.34. The maximum absolute atomic E-state index is 14.6. The summed E-state index contributed by atoms with van der Waals surface area (Å²) in [5.74, 6) is -2.83. The zero-order valence-corrected chi connectivity index (χ0v) is 23.0. The van der Waals surface area contributed by atoms with Crippen LogP contribution >= 0.6 is 0 Å². The molecule has 4 aliphatic heterocycles.